The summed E-state index contributed by atoms with van der Waals surface area (Å²) in [6, 6.07) is 5.77. The second kappa shape index (κ2) is 8.67. The van der Waals surface area contributed by atoms with Gasteiger partial charge in [0.15, 0.2) is 5.78 Å². The highest BCUT2D eigenvalue weighted by molar-refractivity contribution is 6.31. The van der Waals surface area contributed by atoms with Crippen LogP contribution in [0.15, 0.2) is 30.3 Å². The van der Waals surface area contributed by atoms with Crippen molar-refractivity contribution in [2.75, 3.05) is 6.61 Å². The summed E-state index contributed by atoms with van der Waals surface area (Å²) in [5.74, 6) is -1.13. The quantitative estimate of drug-likeness (QED) is 0.340. The highest BCUT2D eigenvalue weighted by Gasteiger charge is 2.22. The molecule has 0 radical (unpaired) electrons. The lowest BCUT2D eigenvalue weighted by molar-refractivity contribution is 0.0519. The van der Waals surface area contributed by atoms with E-state index in [1.54, 1.807) is 45.9 Å². The number of esters is 1. The number of aromatic nitrogens is 3. The Bertz CT molecular complexity index is 1140. The Morgan fingerprint density at radius 3 is 2.53 bits per heavy atom. The lowest BCUT2D eigenvalue weighted by Crippen LogP contribution is -2.07. The van der Waals surface area contributed by atoms with Gasteiger partial charge < -0.3 is 9.72 Å². The third kappa shape index (κ3) is 4.07. The molecule has 2 heterocycles. The Morgan fingerprint density at radius 2 is 1.90 bits per heavy atom. The third-order valence-corrected chi connectivity index (χ3v) is 5.05. The van der Waals surface area contributed by atoms with Crippen LogP contribution in [0.3, 0.4) is 0 Å². The first kappa shape index (κ1) is 21.5. The minimum atomic E-state index is -0.499. The number of aromatic amines is 1. The van der Waals surface area contributed by atoms with Gasteiger partial charge in [-0.1, -0.05) is 11.6 Å². The maximum atomic E-state index is 13.2. The van der Waals surface area contributed by atoms with Gasteiger partial charge in [0.25, 0.3) is 0 Å². The molecular formula is C22H21ClFN3O3. The molecule has 0 fully saturated rings. The Hall–Kier alpha value is -3.19. The van der Waals surface area contributed by atoms with Crippen LogP contribution in [0.4, 0.5) is 4.39 Å². The van der Waals surface area contributed by atoms with Crippen LogP contribution in [-0.4, -0.2) is 33.1 Å². The van der Waals surface area contributed by atoms with E-state index in [1.807, 2.05) is 0 Å². The smallest absolute Gasteiger partial charge is 0.355 e. The van der Waals surface area contributed by atoms with E-state index in [9.17, 15) is 14.0 Å². The van der Waals surface area contributed by atoms with Gasteiger partial charge in [0.05, 0.1) is 18.0 Å². The van der Waals surface area contributed by atoms with Gasteiger partial charge in [-0.15, -0.1) is 0 Å². The molecule has 30 heavy (non-hydrogen) atoms. The maximum absolute atomic E-state index is 13.2. The van der Waals surface area contributed by atoms with Crippen molar-refractivity contribution in [3.63, 3.8) is 0 Å². The van der Waals surface area contributed by atoms with Crippen LogP contribution < -0.4 is 0 Å². The second-order valence-electron chi connectivity index (χ2n) is 6.72. The molecule has 0 aliphatic rings. The number of ketones is 1. The van der Waals surface area contributed by atoms with Crippen LogP contribution in [0.25, 0.3) is 11.8 Å². The monoisotopic (exact) mass is 429 g/mol. The minimum Gasteiger partial charge on any atom is -0.461 e. The molecule has 2 aromatic heterocycles. The summed E-state index contributed by atoms with van der Waals surface area (Å²) in [4.78, 5) is 27.8. The summed E-state index contributed by atoms with van der Waals surface area (Å²) in [5.41, 5.74) is 3.58. The topological polar surface area (TPSA) is 77.0 Å². The van der Waals surface area contributed by atoms with Crippen LogP contribution in [0.5, 0.6) is 0 Å². The summed E-state index contributed by atoms with van der Waals surface area (Å²) in [6.45, 7) is 7.15. The van der Waals surface area contributed by atoms with Gasteiger partial charge in [-0.2, -0.15) is 5.10 Å². The first-order chi connectivity index (χ1) is 14.2. The lowest BCUT2D eigenvalue weighted by atomic mass is 10.0. The molecule has 156 valence electrons. The Labute approximate surface area is 178 Å². The van der Waals surface area contributed by atoms with E-state index < -0.39 is 5.97 Å². The number of halogens is 2. The fraction of sp³-hybridized carbons (Fsp3) is 0.227. The Kier molecular flexibility index (Phi) is 6.22. The first-order valence-corrected chi connectivity index (χ1v) is 9.72. The van der Waals surface area contributed by atoms with Crippen molar-refractivity contribution in [3.8, 4) is 5.69 Å². The molecule has 3 aromatic rings. The number of H-pyrrole nitrogens is 1. The van der Waals surface area contributed by atoms with E-state index in [4.69, 9.17) is 16.3 Å². The average Bonchev–Trinajstić information content (AvgIpc) is 3.16. The molecule has 6 nitrogen and oxygen atoms in total. The molecule has 0 spiro atoms. The van der Waals surface area contributed by atoms with Crippen molar-refractivity contribution in [1.29, 1.82) is 0 Å². The van der Waals surface area contributed by atoms with E-state index in [2.05, 4.69) is 10.1 Å². The zero-order valence-corrected chi connectivity index (χ0v) is 17.8. The molecule has 3 rings (SSSR count). The number of nitrogens with zero attached hydrogens (tertiary/aromatic N) is 2. The number of benzene rings is 1. The zero-order chi connectivity index (χ0) is 22.0. The number of carbonyl (C=O) groups excluding carboxylic acids is 2. The molecule has 0 bridgehead atoms. The average molecular weight is 430 g/mol. The molecule has 1 N–H and O–H groups in total. The SMILES string of the molecule is CCOC(=O)c1[nH]c(C)c(C(=O)C=Cc2c(C)nn(-c3ccc(F)cc3)c2Cl)c1C. The highest BCUT2D eigenvalue weighted by atomic mass is 35.5. The van der Waals surface area contributed by atoms with Crippen LogP contribution >= 0.6 is 11.6 Å². The fourth-order valence-corrected chi connectivity index (χ4v) is 3.56. The highest BCUT2D eigenvalue weighted by Crippen LogP contribution is 2.26. The van der Waals surface area contributed by atoms with Crippen LogP contribution in [-0.2, 0) is 4.74 Å². The second-order valence-corrected chi connectivity index (χ2v) is 7.08. The standard InChI is InChI=1S/C22H21ClFN3O3/c1-5-30-22(29)20-12(2)19(14(4)25-20)18(28)11-10-17-13(3)26-27(21(17)23)16-8-6-15(24)7-9-16/h6-11,25H,5H2,1-4H3. The van der Waals surface area contributed by atoms with E-state index in [-0.39, 0.29) is 23.9 Å². The van der Waals surface area contributed by atoms with Gasteiger partial charge in [-0.05, 0) is 69.7 Å². The van der Waals surface area contributed by atoms with E-state index >= 15 is 0 Å². The molecule has 0 aliphatic carbocycles. The minimum absolute atomic E-state index is 0.245. The fourth-order valence-electron chi connectivity index (χ4n) is 3.22. The van der Waals surface area contributed by atoms with E-state index in [0.29, 0.717) is 38.9 Å². The number of hydrogen-bond donors (Lipinski definition) is 1. The number of rotatable bonds is 6. The van der Waals surface area contributed by atoms with Crippen molar-refractivity contribution in [1.82, 2.24) is 14.8 Å². The molecule has 0 atom stereocenters. The molecule has 0 saturated carbocycles. The van der Waals surface area contributed by atoms with Crippen LogP contribution in [0, 0.1) is 26.6 Å². The van der Waals surface area contributed by atoms with Crippen LogP contribution in [0.2, 0.25) is 5.15 Å². The molecule has 0 saturated heterocycles. The third-order valence-electron chi connectivity index (χ3n) is 4.68. The summed E-state index contributed by atoms with van der Waals surface area (Å²) in [7, 11) is 0. The summed E-state index contributed by atoms with van der Waals surface area (Å²) in [5, 5.41) is 4.68. The lowest BCUT2D eigenvalue weighted by Gasteiger charge is -2.02. The van der Waals surface area contributed by atoms with Gasteiger partial charge in [0.1, 0.15) is 16.7 Å². The predicted molar refractivity (Wildman–Crippen MR) is 113 cm³/mol. The number of carbonyl (C=O) groups is 2. The predicted octanol–water partition coefficient (Wildman–Crippen LogP) is 4.99. The van der Waals surface area contributed by atoms with Gasteiger partial charge >= 0.3 is 5.97 Å². The molecule has 8 heteroatoms. The Morgan fingerprint density at radius 1 is 1.23 bits per heavy atom. The number of ether oxygens (including phenoxy) is 1. The molecule has 0 aliphatic heterocycles. The van der Waals surface area contributed by atoms with E-state index in [1.165, 1.54) is 22.9 Å². The summed E-state index contributed by atoms with van der Waals surface area (Å²) >= 11 is 6.45. The number of allylic oxidation sites excluding steroid dienone is 1. The number of hydrogen-bond acceptors (Lipinski definition) is 4. The van der Waals surface area contributed by atoms with Crippen molar-refractivity contribution in [2.45, 2.75) is 27.7 Å². The first-order valence-electron chi connectivity index (χ1n) is 9.34. The van der Waals surface area contributed by atoms with Gasteiger partial charge in [-0.3, -0.25) is 4.79 Å². The van der Waals surface area contributed by atoms with Crippen LogP contribution in [0.1, 0.15) is 50.3 Å². The number of aryl methyl sites for hydroxylation is 2. The molecule has 0 amide bonds. The van der Waals surface area contributed by atoms with Gasteiger partial charge in [0.2, 0.25) is 0 Å². The maximum Gasteiger partial charge on any atom is 0.355 e. The van der Waals surface area contributed by atoms with Gasteiger partial charge in [-0.25, -0.2) is 13.9 Å². The Balaban J connectivity index is 1.91. The van der Waals surface area contributed by atoms with Crippen molar-refractivity contribution < 1.29 is 18.7 Å². The molecular weight excluding hydrogens is 409 g/mol. The molecule has 0 unspecified atom stereocenters. The van der Waals surface area contributed by atoms with Crippen molar-refractivity contribution in [2.24, 2.45) is 0 Å². The zero-order valence-electron chi connectivity index (χ0n) is 17.0. The van der Waals surface area contributed by atoms with Crippen molar-refractivity contribution in [3.05, 3.63) is 75.1 Å². The normalized spacial score (nSPS) is 11.3. The summed E-state index contributed by atoms with van der Waals surface area (Å²) < 4.78 is 19.7. The molecule has 1 aromatic carbocycles. The number of nitrogens with one attached hydrogen (secondary N) is 1. The van der Waals surface area contributed by atoms with Crippen molar-refractivity contribution >= 4 is 29.4 Å². The van der Waals surface area contributed by atoms with E-state index in [0.717, 1.165) is 0 Å². The van der Waals surface area contributed by atoms with Gasteiger partial charge in [0, 0.05) is 16.8 Å². The summed E-state index contributed by atoms with van der Waals surface area (Å²) in [6.07, 6.45) is 2.98. The largest absolute Gasteiger partial charge is 0.461 e.